The second-order valence-electron chi connectivity index (χ2n) is 5.33. The van der Waals surface area contributed by atoms with Gasteiger partial charge in [-0.2, -0.15) is 0 Å². The maximum atomic E-state index is 5.23. The van der Waals surface area contributed by atoms with Gasteiger partial charge in [-0.1, -0.05) is 19.1 Å². The van der Waals surface area contributed by atoms with Crippen molar-refractivity contribution in [1.29, 1.82) is 0 Å². The summed E-state index contributed by atoms with van der Waals surface area (Å²) in [6.07, 6.45) is 2.17. The Labute approximate surface area is 121 Å². The van der Waals surface area contributed by atoms with Crippen LogP contribution >= 0.6 is 0 Å². The molecule has 0 spiro atoms. The molecule has 2 N–H and O–H groups in total. The third kappa shape index (κ3) is 4.44. The lowest BCUT2D eigenvalue weighted by Gasteiger charge is -2.10. The molecule has 0 bridgehead atoms. The van der Waals surface area contributed by atoms with Crippen LogP contribution in [-0.4, -0.2) is 32.2 Å². The Hall–Kier alpha value is -1.71. The lowest BCUT2D eigenvalue weighted by Crippen LogP contribution is -2.39. The van der Waals surface area contributed by atoms with Crippen molar-refractivity contribution < 1.29 is 4.74 Å². The van der Waals surface area contributed by atoms with Gasteiger partial charge in [-0.25, -0.2) is 0 Å². The van der Waals surface area contributed by atoms with Crippen LogP contribution in [0.5, 0.6) is 5.75 Å². The Balaban J connectivity index is 1.85. The van der Waals surface area contributed by atoms with Crippen molar-refractivity contribution in [2.45, 2.75) is 32.7 Å². The number of nitrogens with zero attached hydrogens (tertiary/aromatic N) is 1. The van der Waals surface area contributed by atoms with Crippen molar-refractivity contribution in [3.63, 3.8) is 0 Å². The molecule has 1 aromatic carbocycles. The highest BCUT2D eigenvalue weighted by Gasteiger charge is 2.33. The van der Waals surface area contributed by atoms with Gasteiger partial charge < -0.3 is 15.4 Å². The molecule has 1 aliphatic rings. The predicted octanol–water partition coefficient (Wildman–Crippen LogP) is 2.20. The van der Waals surface area contributed by atoms with E-state index in [1.165, 1.54) is 12.0 Å². The van der Waals surface area contributed by atoms with Crippen molar-refractivity contribution in [1.82, 2.24) is 10.6 Å². The van der Waals surface area contributed by atoms with Crippen molar-refractivity contribution in [2.75, 3.05) is 20.2 Å². The molecule has 0 amide bonds. The fourth-order valence-electron chi connectivity index (χ4n) is 2.14. The molecule has 0 aromatic heterocycles. The van der Waals surface area contributed by atoms with E-state index < -0.39 is 0 Å². The first-order valence-corrected chi connectivity index (χ1v) is 7.40. The van der Waals surface area contributed by atoms with Crippen LogP contribution < -0.4 is 15.4 Å². The van der Waals surface area contributed by atoms with E-state index in [1.807, 2.05) is 12.1 Å². The van der Waals surface area contributed by atoms with Crippen LogP contribution in [0.3, 0.4) is 0 Å². The lowest BCUT2D eigenvalue weighted by atomic mass is 10.1. The van der Waals surface area contributed by atoms with Crippen molar-refractivity contribution in [3.8, 4) is 5.75 Å². The monoisotopic (exact) mass is 275 g/mol. The molecule has 2 rings (SSSR count). The number of benzene rings is 1. The molecule has 20 heavy (non-hydrogen) atoms. The maximum Gasteiger partial charge on any atom is 0.191 e. The molecule has 0 heterocycles. The molecular weight excluding hydrogens is 250 g/mol. The summed E-state index contributed by atoms with van der Waals surface area (Å²) in [6, 6.07) is 8.77. The fraction of sp³-hybridized carbons (Fsp3) is 0.562. The standard InChI is InChI=1S/C16H25N3O/c1-4-17-16(19-15-10-12(15)2)18-9-8-13-6-5-7-14(11-13)20-3/h5-7,11-12,15H,4,8-10H2,1-3H3,(H2,17,18,19). The fourth-order valence-corrected chi connectivity index (χ4v) is 2.14. The van der Waals surface area contributed by atoms with Gasteiger partial charge in [0.1, 0.15) is 5.75 Å². The third-order valence-corrected chi connectivity index (χ3v) is 3.58. The normalized spacial score (nSPS) is 21.4. The summed E-state index contributed by atoms with van der Waals surface area (Å²) in [7, 11) is 1.70. The summed E-state index contributed by atoms with van der Waals surface area (Å²) in [5.74, 6) is 2.62. The zero-order valence-corrected chi connectivity index (χ0v) is 12.6. The van der Waals surface area contributed by atoms with E-state index >= 15 is 0 Å². The van der Waals surface area contributed by atoms with E-state index in [0.717, 1.165) is 37.1 Å². The van der Waals surface area contributed by atoms with Gasteiger partial charge in [0.15, 0.2) is 5.96 Å². The van der Waals surface area contributed by atoms with E-state index in [9.17, 15) is 0 Å². The first-order valence-electron chi connectivity index (χ1n) is 7.40. The number of ether oxygens (including phenoxy) is 1. The van der Waals surface area contributed by atoms with Gasteiger partial charge in [0.2, 0.25) is 0 Å². The summed E-state index contributed by atoms with van der Waals surface area (Å²) in [6.45, 7) is 6.03. The van der Waals surface area contributed by atoms with Gasteiger partial charge >= 0.3 is 0 Å². The molecule has 110 valence electrons. The van der Waals surface area contributed by atoms with Crippen molar-refractivity contribution in [3.05, 3.63) is 29.8 Å². The summed E-state index contributed by atoms with van der Waals surface area (Å²) in [4.78, 5) is 4.63. The first kappa shape index (κ1) is 14.7. The molecule has 4 nitrogen and oxygen atoms in total. The second kappa shape index (κ2) is 7.17. The van der Waals surface area contributed by atoms with E-state index in [0.29, 0.717) is 6.04 Å². The number of guanidine groups is 1. The SMILES string of the molecule is CCNC(=NCCc1cccc(OC)c1)NC1CC1C. The number of rotatable bonds is 6. The number of hydrogen-bond donors (Lipinski definition) is 2. The Morgan fingerprint density at radius 1 is 1.45 bits per heavy atom. The maximum absolute atomic E-state index is 5.23. The van der Waals surface area contributed by atoms with Crippen LogP contribution in [0.2, 0.25) is 0 Å². The topological polar surface area (TPSA) is 45.7 Å². The molecule has 4 heteroatoms. The van der Waals surface area contributed by atoms with Gasteiger partial charge in [-0.3, -0.25) is 4.99 Å². The number of methoxy groups -OCH3 is 1. The van der Waals surface area contributed by atoms with Gasteiger partial charge in [-0.15, -0.1) is 0 Å². The average molecular weight is 275 g/mol. The molecule has 2 atom stereocenters. The second-order valence-corrected chi connectivity index (χ2v) is 5.33. The van der Waals surface area contributed by atoms with E-state index in [-0.39, 0.29) is 0 Å². The van der Waals surface area contributed by atoms with Crippen LogP contribution in [0.15, 0.2) is 29.3 Å². The Morgan fingerprint density at radius 2 is 2.25 bits per heavy atom. The smallest absolute Gasteiger partial charge is 0.191 e. The van der Waals surface area contributed by atoms with Gasteiger partial charge in [-0.05, 0) is 43.4 Å². The molecule has 1 saturated carbocycles. The zero-order chi connectivity index (χ0) is 14.4. The van der Waals surface area contributed by atoms with E-state index in [1.54, 1.807) is 7.11 Å². The Morgan fingerprint density at radius 3 is 2.90 bits per heavy atom. The highest BCUT2D eigenvalue weighted by Crippen LogP contribution is 2.28. The largest absolute Gasteiger partial charge is 0.497 e. The molecule has 2 unspecified atom stereocenters. The minimum atomic E-state index is 0.601. The van der Waals surface area contributed by atoms with E-state index in [2.05, 4.69) is 41.6 Å². The van der Waals surface area contributed by atoms with Gasteiger partial charge in [0.25, 0.3) is 0 Å². The molecule has 1 aromatic rings. The third-order valence-electron chi connectivity index (χ3n) is 3.58. The van der Waals surface area contributed by atoms with Crippen molar-refractivity contribution >= 4 is 5.96 Å². The van der Waals surface area contributed by atoms with Gasteiger partial charge in [0.05, 0.1) is 7.11 Å². The van der Waals surface area contributed by atoms with Gasteiger partial charge in [0, 0.05) is 19.1 Å². The quantitative estimate of drug-likeness (QED) is 0.618. The molecule has 1 aliphatic carbocycles. The summed E-state index contributed by atoms with van der Waals surface area (Å²) in [5.41, 5.74) is 1.25. The molecule has 1 fully saturated rings. The first-order chi connectivity index (χ1) is 9.72. The van der Waals surface area contributed by atoms with Crippen LogP contribution in [-0.2, 0) is 6.42 Å². The number of hydrogen-bond acceptors (Lipinski definition) is 2. The number of nitrogens with one attached hydrogen (secondary N) is 2. The summed E-state index contributed by atoms with van der Waals surface area (Å²) in [5, 5.41) is 6.76. The molecular formula is C16H25N3O. The lowest BCUT2D eigenvalue weighted by molar-refractivity contribution is 0.414. The Kier molecular flexibility index (Phi) is 5.27. The average Bonchev–Trinajstić information content (AvgIpc) is 3.14. The summed E-state index contributed by atoms with van der Waals surface area (Å²) < 4.78 is 5.23. The minimum Gasteiger partial charge on any atom is -0.497 e. The number of aliphatic imine (C=N–C) groups is 1. The Bertz CT molecular complexity index is 459. The summed E-state index contributed by atoms with van der Waals surface area (Å²) >= 11 is 0. The minimum absolute atomic E-state index is 0.601. The predicted molar refractivity (Wildman–Crippen MR) is 83.4 cm³/mol. The van der Waals surface area contributed by atoms with Crippen LogP contribution in [0.25, 0.3) is 0 Å². The van der Waals surface area contributed by atoms with Crippen molar-refractivity contribution in [2.24, 2.45) is 10.9 Å². The van der Waals surface area contributed by atoms with Crippen LogP contribution in [0, 0.1) is 5.92 Å². The zero-order valence-electron chi connectivity index (χ0n) is 12.6. The van der Waals surface area contributed by atoms with Crippen LogP contribution in [0.1, 0.15) is 25.8 Å². The molecule has 0 radical (unpaired) electrons. The molecule has 0 saturated heterocycles. The molecule has 0 aliphatic heterocycles. The highest BCUT2D eigenvalue weighted by atomic mass is 16.5. The van der Waals surface area contributed by atoms with E-state index in [4.69, 9.17) is 4.74 Å². The highest BCUT2D eigenvalue weighted by molar-refractivity contribution is 5.80. The van der Waals surface area contributed by atoms with Crippen LogP contribution in [0.4, 0.5) is 0 Å².